The van der Waals surface area contributed by atoms with Gasteiger partial charge in [0, 0.05) is 0 Å². The zero-order valence-electron chi connectivity index (χ0n) is 23.1. The van der Waals surface area contributed by atoms with Crippen molar-refractivity contribution in [2.45, 2.75) is 137 Å². The summed E-state index contributed by atoms with van der Waals surface area (Å²) in [7, 11) is 0. The van der Waals surface area contributed by atoms with Gasteiger partial charge in [0.15, 0.2) is 0 Å². The van der Waals surface area contributed by atoms with E-state index in [1.807, 2.05) is 6.92 Å². The van der Waals surface area contributed by atoms with Crippen LogP contribution >= 0.6 is 0 Å². The van der Waals surface area contributed by atoms with Gasteiger partial charge in [-0.2, -0.15) is 0 Å². The van der Waals surface area contributed by atoms with Crippen molar-refractivity contribution in [3.8, 4) is 0 Å². The molecule has 0 saturated heterocycles. The number of rotatable bonds is 21. The molecule has 0 heterocycles. The number of hydrogen-bond donors (Lipinski definition) is 0. The maximum absolute atomic E-state index is 12.4. The lowest BCUT2D eigenvalue weighted by Crippen LogP contribution is -2.22. The second kappa shape index (κ2) is 20.4. The molecule has 0 N–H and O–H groups in total. The van der Waals surface area contributed by atoms with Gasteiger partial charge in [0.1, 0.15) is 6.10 Å². The first kappa shape index (κ1) is 31.2. The van der Waals surface area contributed by atoms with E-state index in [0.717, 1.165) is 19.3 Å². The first-order valence-electron chi connectivity index (χ1n) is 14.5. The van der Waals surface area contributed by atoms with E-state index < -0.39 is 5.97 Å². The topological polar surface area (TPSA) is 52.6 Å². The Kier molecular flexibility index (Phi) is 18.1. The fourth-order valence-electron chi connectivity index (χ4n) is 4.18. The Balaban J connectivity index is 2.08. The third kappa shape index (κ3) is 15.0. The number of ether oxygens (including phenoxy) is 2. The summed E-state index contributed by atoms with van der Waals surface area (Å²) in [6.07, 6.45) is 20.4. The van der Waals surface area contributed by atoms with E-state index in [-0.39, 0.29) is 12.1 Å². The number of carbonyl (C=O) groups excluding carboxylic acids is 2. The molecule has 0 fully saturated rings. The van der Waals surface area contributed by atoms with Gasteiger partial charge in [-0.1, -0.05) is 123 Å². The molecule has 0 saturated carbocycles. The lowest BCUT2D eigenvalue weighted by molar-refractivity contribution is 0.0213. The van der Waals surface area contributed by atoms with E-state index in [9.17, 15) is 9.59 Å². The van der Waals surface area contributed by atoms with Crippen molar-refractivity contribution in [3.05, 3.63) is 35.4 Å². The SMILES string of the molecule is CCCCCCCCCCCCCCCCCOC(=O)c1cccc(C(=O)OC(C)C(C)CC)c1. The monoisotopic (exact) mass is 488 g/mol. The lowest BCUT2D eigenvalue weighted by Gasteiger charge is -2.19. The molecule has 2 unspecified atom stereocenters. The Hall–Kier alpha value is -1.84. The predicted octanol–water partition coefficient (Wildman–Crippen LogP) is 9.31. The van der Waals surface area contributed by atoms with Crippen LogP contribution in [0.25, 0.3) is 0 Å². The van der Waals surface area contributed by atoms with Crippen LogP contribution in [-0.4, -0.2) is 24.6 Å². The largest absolute Gasteiger partial charge is 0.462 e. The van der Waals surface area contributed by atoms with Gasteiger partial charge in [-0.15, -0.1) is 0 Å². The predicted molar refractivity (Wildman–Crippen MR) is 146 cm³/mol. The normalized spacial score (nSPS) is 12.8. The molecule has 1 aromatic rings. The van der Waals surface area contributed by atoms with E-state index in [1.54, 1.807) is 24.3 Å². The van der Waals surface area contributed by atoms with Crippen LogP contribution in [0, 0.1) is 5.92 Å². The molecule has 0 radical (unpaired) electrons. The maximum Gasteiger partial charge on any atom is 0.338 e. The fraction of sp³-hybridized carbons (Fsp3) is 0.742. The highest BCUT2D eigenvalue weighted by Crippen LogP contribution is 2.16. The molecule has 200 valence electrons. The van der Waals surface area contributed by atoms with E-state index >= 15 is 0 Å². The first-order valence-corrected chi connectivity index (χ1v) is 14.5. The van der Waals surface area contributed by atoms with Gasteiger partial charge >= 0.3 is 11.9 Å². The summed E-state index contributed by atoms with van der Waals surface area (Å²) in [4.78, 5) is 24.8. The van der Waals surface area contributed by atoms with Crippen LogP contribution in [0.3, 0.4) is 0 Å². The molecular formula is C31H52O4. The lowest BCUT2D eigenvalue weighted by atomic mass is 10.0. The summed E-state index contributed by atoms with van der Waals surface area (Å²) in [6, 6.07) is 6.63. The molecule has 0 aliphatic rings. The zero-order chi connectivity index (χ0) is 25.7. The zero-order valence-corrected chi connectivity index (χ0v) is 23.1. The fourth-order valence-corrected chi connectivity index (χ4v) is 4.18. The highest BCUT2D eigenvalue weighted by atomic mass is 16.5. The Morgan fingerprint density at radius 3 is 1.63 bits per heavy atom. The molecule has 4 nitrogen and oxygen atoms in total. The molecule has 0 aromatic heterocycles. The number of unbranched alkanes of at least 4 members (excludes halogenated alkanes) is 14. The average Bonchev–Trinajstić information content (AvgIpc) is 2.87. The van der Waals surface area contributed by atoms with Gasteiger partial charge in [0.05, 0.1) is 17.7 Å². The molecule has 2 atom stereocenters. The highest BCUT2D eigenvalue weighted by Gasteiger charge is 2.18. The van der Waals surface area contributed by atoms with Gasteiger partial charge in [0.2, 0.25) is 0 Å². The molecule has 4 heteroatoms. The van der Waals surface area contributed by atoms with E-state index in [0.29, 0.717) is 23.7 Å². The minimum Gasteiger partial charge on any atom is -0.462 e. The number of carbonyl (C=O) groups is 2. The molecule has 0 aliphatic heterocycles. The molecule has 0 spiro atoms. The number of hydrogen-bond acceptors (Lipinski definition) is 4. The van der Waals surface area contributed by atoms with Gasteiger partial charge < -0.3 is 9.47 Å². The minimum absolute atomic E-state index is 0.159. The average molecular weight is 489 g/mol. The highest BCUT2D eigenvalue weighted by molar-refractivity contribution is 5.95. The summed E-state index contributed by atoms with van der Waals surface area (Å²) < 4.78 is 10.9. The van der Waals surface area contributed by atoms with Crippen LogP contribution < -0.4 is 0 Å². The van der Waals surface area contributed by atoms with Crippen LogP contribution in [0.5, 0.6) is 0 Å². The summed E-state index contributed by atoms with van der Waals surface area (Å²) in [5.74, 6) is -0.475. The third-order valence-corrected chi connectivity index (χ3v) is 7.05. The standard InChI is InChI=1S/C31H52O4/c1-5-7-8-9-10-11-12-13-14-15-16-17-18-19-20-24-34-30(32)28-22-21-23-29(25-28)31(33)35-27(4)26(3)6-2/h21-23,25-27H,5-20,24H2,1-4H3. The van der Waals surface area contributed by atoms with Crippen molar-refractivity contribution in [2.75, 3.05) is 6.61 Å². The van der Waals surface area contributed by atoms with Crippen molar-refractivity contribution >= 4 is 11.9 Å². The molecule has 0 aliphatic carbocycles. The molecule has 0 bridgehead atoms. The molecule has 1 aromatic carbocycles. The van der Waals surface area contributed by atoms with Crippen LogP contribution in [0.1, 0.15) is 151 Å². The van der Waals surface area contributed by atoms with Crippen molar-refractivity contribution in [2.24, 2.45) is 5.92 Å². The first-order chi connectivity index (χ1) is 17.0. The van der Waals surface area contributed by atoms with Crippen LogP contribution in [-0.2, 0) is 9.47 Å². The van der Waals surface area contributed by atoms with Gasteiger partial charge in [-0.3, -0.25) is 0 Å². The van der Waals surface area contributed by atoms with Crippen molar-refractivity contribution in [1.29, 1.82) is 0 Å². The van der Waals surface area contributed by atoms with Crippen molar-refractivity contribution < 1.29 is 19.1 Å². The second-order valence-corrected chi connectivity index (χ2v) is 10.2. The molecular weight excluding hydrogens is 436 g/mol. The Morgan fingerprint density at radius 2 is 1.14 bits per heavy atom. The van der Waals surface area contributed by atoms with Crippen molar-refractivity contribution in [1.82, 2.24) is 0 Å². The molecule has 35 heavy (non-hydrogen) atoms. The Morgan fingerprint density at radius 1 is 0.686 bits per heavy atom. The minimum atomic E-state index is -0.394. The quantitative estimate of drug-likeness (QED) is 0.128. The summed E-state index contributed by atoms with van der Waals surface area (Å²) in [5.41, 5.74) is 0.790. The Bertz CT molecular complexity index is 684. The van der Waals surface area contributed by atoms with Gasteiger partial charge in [-0.25, -0.2) is 9.59 Å². The van der Waals surface area contributed by atoms with Crippen molar-refractivity contribution in [3.63, 3.8) is 0 Å². The maximum atomic E-state index is 12.4. The van der Waals surface area contributed by atoms with E-state index in [4.69, 9.17) is 9.47 Å². The molecule has 0 amide bonds. The molecule has 1 rings (SSSR count). The van der Waals surface area contributed by atoms with E-state index in [1.165, 1.54) is 83.5 Å². The second-order valence-electron chi connectivity index (χ2n) is 10.2. The van der Waals surface area contributed by atoms with Crippen LogP contribution in [0.15, 0.2) is 24.3 Å². The summed E-state index contributed by atoms with van der Waals surface area (Å²) >= 11 is 0. The van der Waals surface area contributed by atoms with Gasteiger partial charge in [-0.05, 0) is 37.5 Å². The number of esters is 2. The summed E-state index contributed by atoms with van der Waals surface area (Å²) in [5, 5.41) is 0. The summed E-state index contributed by atoms with van der Waals surface area (Å²) in [6.45, 7) is 8.74. The number of benzene rings is 1. The van der Waals surface area contributed by atoms with Gasteiger partial charge in [0.25, 0.3) is 0 Å². The smallest absolute Gasteiger partial charge is 0.338 e. The van der Waals surface area contributed by atoms with E-state index in [2.05, 4.69) is 20.8 Å². The third-order valence-electron chi connectivity index (χ3n) is 7.05. The Labute approximate surface area is 215 Å². The van der Waals surface area contributed by atoms with Crippen LogP contribution in [0.2, 0.25) is 0 Å². The van der Waals surface area contributed by atoms with Crippen LogP contribution in [0.4, 0.5) is 0 Å².